The molecule has 0 unspecified atom stereocenters. The normalized spacial score (nSPS) is 13.4. The molecule has 0 atom stereocenters. The van der Waals surface area contributed by atoms with Gasteiger partial charge in [-0.2, -0.15) is 0 Å². The number of para-hydroxylation sites is 1. The van der Waals surface area contributed by atoms with Crippen LogP contribution in [-0.2, 0) is 22.5 Å². The summed E-state index contributed by atoms with van der Waals surface area (Å²) in [6.07, 6.45) is 2.36. The van der Waals surface area contributed by atoms with E-state index in [1.165, 1.54) is 32.6 Å². The molecule has 2 heterocycles. The Morgan fingerprint density at radius 1 is 1.17 bits per heavy atom. The summed E-state index contributed by atoms with van der Waals surface area (Å²) in [6, 6.07) is 8.15. The zero-order chi connectivity index (χ0) is 21.8. The number of amides is 1. The summed E-state index contributed by atoms with van der Waals surface area (Å²) in [7, 11) is 3.04. The van der Waals surface area contributed by atoms with Crippen LogP contribution in [0.15, 0.2) is 24.3 Å². The topological polar surface area (TPSA) is 82.7 Å². The number of carbonyl (C=O) groups excluding carboxylic acids is 3. The molecule has 1 aromatic heterocycles. The van der Waals surface area contributed by atoms with Crippen LogP contribution in [0.5, 0.6) is 0 Å². The van der Waals surface area contributed by atoms with E-state index >= 15 is 0 Å². The van der Waals surface area contributed by atoms with Gasteiger partial charge < -0.3 is 19.5 Å². The van der Waals surface area contributed by atoms with Crippen molar-refractivity contribution >= 4 is 23.3 Å². The average Bonchev–Trinajstić information content (AvgIpc) is 3.36. The number of nitrogens with one attached hydrogen (secondary N) is 1. The third-order valence-corrected chi connectivity index (χ3v) is 5.67. The standard InChI is InChI=1S/C23H29N3O4/c1-15-21(23(29)30-4)18(24-22(15)16(2)27)13-20(28)25(3)14-17-9-5-6-10-19(17)26-11-7-8-12-26/h5-6,9-10,24H,7-8,11-14H2,1-4H3. The second-order valence-electron chi connectivity index (χ2n) is 7.78. The van der Waals surface area contributed by atoms with Gasteiger partial charge in [0.05, 0.1) is 24.8 Å². The van der Waals surface area contributed by atoms with Gasteiger partial charge in [-0.3, -0.25) is 9.59 Å². The number of rotatable bonds is 7. The van der Waals surface area contributed by atoms with Gasteiger partial charge in [0.2, 0.25) is 5.91 Å². The molecule has 0 aliphatic carbocycles. The second kappa shape index (κ2) is 9.15. The molecule has 3 rings (SSSR count). The Morgan fingerprint density at radius 2 is 1.83 bits per heavy atom. The van der Waals surface area contributed by atoms with Crippen molar-refractivity contribution in [3.05, 3.63) is 52.3 Å². The number of hydrogen-bond donors (Lipinski definition) is 1. The van der Waals surface area contributed by atoms with Gasteiger partial charge in [0, 0.05) is 45.0 Å². The Hall–Kier alpha value is -3.09. The maximum atomic E-state index is 13.0. The smallest absolute Gasteiger partial charge is 0.339 e. The van der Waals surface area contributed by atoms with Crippen LogP contribution in [0.2, 0.25) is 0 Å². The molecular formula is C23H29N3O4. The number of methoxy groups -OCH3 is 1. The van der Waals surface area contributed by atoms with Crippen molar-refractivity contribution in [1.29, 1.82) is 0 Å². The third kappa shape index (κ3) is 4.40. The summed E-state index contributed by atoms with van der Waals surface area (Å²) in [5.41, 5.74) is 3.78. The number of Topliss-reactive ketones (excluding diaryl/α,β-unsaturated/α-hetero) is 1. The van der Waals surface area contributed by atoms with E-state index < -0.39 is 5.97 Å². The van der Waals surface area contributed by atoms with Crippen LogP contribution in [0.25, 0.3) is 0 Å². The molecule has 1 fully saturated rings. The molecule has 1 aromatic carbocycles. The molecule has 1 saturated heterocycles. The fourth-order valence-electron chi connectivity index (χ4n) is 4.06. The van der Waals surface area contributed by atoms with E-state index in [9.17, 15) is 14.4 Å². The van der Waals surface area contributed by atoms with Gasteiger partial charge in [-0.05, 0) is 37.0 Å². The lowest BCUT2D eigenvalue weighted by Crippen LogP contribution is -2.29. The van der Waals surface area contributed by atoms with E-state index in [1.807, 2.05) is 18.2 Å². The Kier molecular flexibility index (Phi) is 6.59. The molecule has 0 saturated carbocycles. The zero-order valence-corrected chi connectivity index (χ0v) is 18.1. The minimum atomic E-state index is -0.555. The number of ketones is 1. The number of hydrogen-bond acceptors (Lipinski definition) is 5. The molecule has 2 aromatic rings. The van der Waals surface area contributed by atoms with Gasteiger partial charge in [-0.1, -0.05) is 18.2 Å². The van der Waals surface area contributed by atoms with Crippen LogP contribution in [0.3, 0.4) is 0 Å². The predicted octanol–water partition coefficient (Wildman–Crippen LogP) is 3.11. The van der Waals surface area contributed by atoms with Gasteiger partial charge in [0.1, 0.15) is 0 Å². The average molecular weight is 412 g/mol. The summed E-state index contributed by atoms with van der Waals surface area (Å²) in [5, 5.41) is 0. The molecule has 30 heavy (non-hydrogen) atoms. The highest BCUT2D eigenvalue weighted by Gasteiger charge is 2.25. The van der Waals surface area contributed by atoms with Crippen molar-refractivity contribution < 1.29 is 19.1 Å². The molecule has 1 amide bonds. The summed E-state index contributed by atoms with van der Waals surface area (Å²) in [5.74, 6) is -0.891. The molecule has 1 aliphatic heterocycles. The molecule has 0 spiro atoms. The number of esters is 1. The van der Waals surface area contributed by atoms with Crippen molar-refractivity contribution in [3.8, 4) is 0 Å². The Morgan fingerprint density at radius 3 is 2.47 bits per heavy atom. The number of anilines is 1. The first-order valence-corrected chi connectivity index (χ1v) is 10.2. The number of benzene rings is 1. The lowest BCUT2D eigenvalue weighted by molar-refractivity contribution is -0.129. The number of ether oxygens (including phenoxy) is 1. The highest BCUT2D eigenvalue weighted by molar-refractivity contribution is 6.01. The highest BCUT2D eigenvalue weighted by Crippen LogP contribution is 2.26. The number of nitrogens with zero attached hydrogens (tertiary/aromatic N) is 2. The van der Waals surface area contributed by atoms with Gasteiger partial charge in [-0.25, -0.2) is 4.79 Å². The molecular weight excluding hydrogens is 382 g/mol. The first-order valence-electron chi connectivity index (χ1n) is 10.2. The minimum absolute atomic E-state index is 0.0130. The quantitative estimate of drug-likeness (QED) is 0.559. The Labute approximate surface area is 177 Å². The zero-order valence-electron chi connectivity index (χ0n) is 18.1. The largest absolute Gasteiger partial charge is 0.465 e. The Balaban J connectivity index is 1.79. The summed E-state index contributed by atoms with van der Waals surface area (Å²) >= 11 is 0. The second-order valence-corrected chi connectivity index (χ2v) is 7.78. The third-order valence-electron chi connectivity index (χ3n) is 5.67. The van der Waals surface area contributed by atoms with Gasteiger partial charge in [0.25, 0.3) is 0 Å². The molecule has 0 radical (unpaired) electrons. The fraction of sp³-hybridized carbons (Fsp3) is 0.435. The van der Waals surface area contributed by atoms with Gasteiger partial charge in [0.15, 0.2) is 5.78 Å². The van der Waals surface area contributed by atoms with Gasteiger partial charge in [-0.15, -0.1) is 0 Å². The van der Waals surface area contributed by atoms with Crippen LogP contribution in [0.1, 0.15) is 57.4 Å². The van der Waals surface area contributed by atoms with Crippen LogP contribution in [0.4, 0.5) is 5.69 Å². The lowest BCUT2D eigenvalue weighted by Gasteiger charge is -2.24. The van der Waals surface area contributed by atoms with Crippen molar-refractivity contribution in [2.45, 2.75) is 39.7 Å². The first kappa shape index (κ1) is 21.6. The lowest BCUT2D eigenvalue weighted by atomic mass is 10.1. The summed E-state index contributed by atoms with van der Waals surface area (Å²) in [6.45, 7) is 5.65. The monoisotopic (exact) mass is 411 g/mol. The van der Waals surface area contributed by atoms with Crippen molar-refractivity contribution in [3.63, 3.8) is 0 Å². The number of carbonyl (C=O) groups is 3. The Bertz CT molecular complexity index is 957. The molecule has 7 nitrogen and oxygen atoms in total. The first-order chi connectivity index (χ1) is 14.3. The predicted molar refractivity (Wildman–Crippen MR) is 115 cm³/mol. The van der Waals surface area contributed by atoms with Crippen LogP contribution in [0, 0.1) is 6.92 Å². The molecule has 0 bridgehead atoms. The minimum Gasteiger partial charge on any atom is -0.465 e. The van der Waals surface area contributed by atoms with Gasteiger partial charge >= 0.3 is 5.97 Å². The molecule has 1 aliphatic rings. The molecule has 160 valence electrons. The maximum absolute atomic E-state index is 13.0. The van der Waals surface area contributed by atoms with E-state index in [0.29, 0.717) is 23.5 Å². The van der Waals surface area contributed by atoms with Crippen LogP contribution >= 0.6 is 0 Å². The summed E-state index contributed by atoms with van der Waals surface area (Å²) in [4.78, 5) is 44.1. The fourth-order valence-corrected chi connectivity index (χ4v) is 4.06. The van der Waals surface area contributed by atoms with Crippen molar-refractivity contribution in [2.75, 3.05) is 32.1 Å². The van der Waals surface area contributed by atoms with E-state index in [2.05, 4.69) is 16.0 Å². The SMILES string of the molecule is COC(=O)c1c(CC(=O)N(C)Cc2ccccc2N2CCCC2)[nH]c(C(C)=O)c1C. The number of likely N-dealkylation sites (N-methyl/N-ethyl adjacent to an activating group) is 1. The van der Waals surface area contributed by atoms with E-state index in [0.717, 1.165) is 18.7 Å². The number of H-pyrrole nitrogens is 1. The number of aromatic nitrogens is 1. The van der Waals surface area contributed by atoms with Crippen molar-refractivity contribution in [2.24, 2.45) is 0 Å². The summed E-state index contributed by atoms with van der Waals surface area (Å²) < 4.78 is 4.86. The van der Waals surface area contributed by atoms with Crippen molar-refractivity contribution in [1.82, 2.24) is 9.88 Å². The maximum Gasteiger partial charge on any atom is 0.339 e. The molecule has 7 heteroatoms. The highest BCUT2D eigenvalue weighted by atomic mass is 16.5. The molecule has 1 N–H and O–H groups in total. The number of aromatic amines is 1. The van der Waals surface area contributed by atoms with E-state index in [1.54, 1.807) is 18.9 Å². The van der Waals surface area contributed by atoms with E-state index in [-0.39, 0.29) is 23.7 Å². The van der Waals surface area contributed by atoms with Crippen LogP contribution < -0.4 is 4.90 Å². The van der Waals surface area contributed by atoms with Crippen LogP contribution in [-0.4, -0.2) is 54.8 Å². The van der Waals surface area contributed by atoms with E-state index in [4.69, 9.17) is 4.74 Å².